The quantitative estimate of drug-likeness (QED) is 0.626. The van der Waals surface area contributed by atoms with Crippen molar-refractivity contribution in [2.24, 2.45) is 5.73 Å². The topological polar surface area (TPSA) is 112 Å². The molecule has 1 aromatic carbocycles. The third-order valence-electron chi connectivity index (χ3n) is 3.47. The fraction of sp³-hybridized carbons (Fsp3) is 0.375. The van der Waals surface area contributed by atoms with Crippen LogP contribution in [0.3, 0.4) is 0 Å². The van der Waals surface area contributed by atoms with E-state index in [9.17, 15) is 9.59 Å². The lowest BCUT2D eigenvalue weighted by molar-refractivity contribution is -0.118. The number of aryl methyl sites for hydroxylation is 1. The number of nitrogens with two attached hydrogens (primary N) is 1. The van der Waals surface area contributed by atoms with Gasteiger partial charge in [-0.05, 0) is 25.1 Å². The van der Waals surface area contributed by atoms with Crippen LogP contribution in [0.4, 0.5) is 5.69 Å². The third-order valence-corrected chi connectivity index (χ3v) is 4.73. The van der Waals surface area contributed by atoms with E-state index in [0.717, 1.165) is 0 Å². The van der Waals surface area contributed by atoms with Gasteiger partial charge in [0.15, 0.2) is 5.16 Å². The van der Waals surface area contributed by atoms with Crippen LogP contribution in [0.5, 0.6) is 5.75 Å². The molecule has 3 N–H and O–H groups in total. The summed E-state index contributed by atoms with van der Waals surface area (Å²) in [4.78, 5) is 23.1. The highest BCUT2D eigenvalue weighted by Crippen LogP contribution is 2.27. The molecule has 0 bridgehead atoms. The summed E-state index contributed by atoms with van der Waals surface area (Å²) < 4.78 is 6.94. The minimum atomic E-state index is -0.387. The summed E-state index contributed by atoms with van der Waals surface area (Å²) in [5, 5.41) is 12.0. The molecule has 0 unspecified atom stereocenters. The number of primary amides is 1. The zero-order valence-corrected chi connectivity index (χ0v) is 16.1. The summed E-state index contributed by atoms with van der Waals surface area (Å²) in [5.74, 6) is 0.801. The number of thioether (sulfide) groups is 1. The number of anilines is 1. The molecule has 26 heavy (non-hydrogen) atoms. The van der Waals surface area contributed by atoms with Crippen LogP contribution in [0.1, 0.15) is 19.2 Å². The smallest absolute Gasteiger partial charge is 0.234 e. The molecule has 8 nitrogen and oxygen atoms in total. The minimum absolute atomic E-state index is 0.164. The van der Waals surface area contributed by atoms with Crippen LogP contribution in [-0.2, 0) is 22.6 Å². The van der Waals surface area contributed by atoms with Crippen LogP contribution in [0, 0.1) is 0 Å². The van der Waals surface area contributed by atoms with Crippen LogP contribution in [0.25, 0.3) is 0 Å². The van der Waals surface area contributed by atoms with Gasteiger partial charge in [0.1, 0.15) is 11.6 Å². The van der Waals surface area contributed by atoms with Gasteiger partial charge in [-0.1, -0.05) is 23.4 Å². The lowest BCUT2D eigenvalue weighted by Gasteiger charge is -2.09. The van der Waals surface area contributed by atoms with E-state index in [1.165, 1.54) is 18.9 Å². The number of aromatic nitrogens is 3. The number of nitrogens with one attached hydrogen (secondary N) is 1. The predicted molar refractivity (Wildman–Crippen MR) is 101 cm³/mol. The molecule has 10 heteroatoms. The van der Waals surface area contributed by atoms with Gasteiger partial charge < -0.3 is 20.4 Å². The molecule has 140 valence electrons. The molecule has 0 aliphatic heterocycles. The van der Waals surface area contributed by atoms with E-state index in [2.05, 4.69) is 15.5 Å². The number of ether oxygens (including phenoxy) is 1. The lowest BCUT2D eigenvalue weighted by Crippen LogP contribution is -2.15. The number of amides is 2. The van der Waals surface area contributed by atoms with Crippen molar-refractivity contribution in [1.82, 2.24) is 14.8 Å². The summed E-state index contributed by atoms with van der Waals surface area (Å²) in [6.07, 6.45) is 0.634. The summed E-state index contributed by atoms with van der Waals surface area (Å²) in [6.45, 7) is 2.58. The number of methoxy groups -OCH3 is 1. The second-order valence-corrected chi connectivity index (χ2v) is 6.65. The van der Waals surface area contributed by atoms with Gasteiger partial charge in [-0.2, -0.15) is 0 Å². The van der Waals surface area contributed by atoms with Crippen molar-refractivity contribution in [2.75, 3.05) is 18.2 Å². The van der Waals surface area contributed by atoms with Crippen molar-refractivity contribution >= 4 is 40.9 Å². The Morgan fingerprint density at radius 3 is 2.77 bits per heavy atom. The van der Waals surface area contributed by atoms with Crippen molar-refractivity contribution in [3.05, 3.63) is 29.0 Å². The van der Waals surface area contributed by atoms with Crippen LogP contribution in [0.15, 0.2) is 23.4 Å². The Bertz CT molecular complexity index is 796. The van der Waals surface area contributed by atoms with E-state index < -0.39 is 0 Å². The van der Waals surface area contributed by atoms with Crippen molar-refractivity contribution in [3.8, 4) is 5.75 Å². The summed E-state index contributed by atoms with van der Waals surface area (Å²) in [7, 11) is 1.53. The number of benzene rings is 1. The van der Waals surface area contributed by atoms with E-state index in [1.807, 2.05) is 11.5 Å². The molecule has 0 saturated heterocycles. The Balaban J connectivity index is 1.94. The van der Waals surface area contributed by atoms with E-state index in [1.54, 1.807) is 18.2 Å². The maximum atomic E-state index is 12.1. The largest absolute Gasteiger partial charge is 0.495 e. The first kappa shape index (κ1) is 20.1. The molecule has 2 amide bonds. The van der Waals surface area contributed by atoms with Gasteiger partial charge >= 0.3 is 0 Å². The Morgan fingerprint density at radius 1 is 1.38 bits per heavy atom. The van der Waals surface area contributed by atoms with Gasteiger partial charge in [-0.3, -0.25) is 9.59 Å². The SMILES string of the molecule is CCn1c(CCC(N)=O)nnc1SCC(=O)Nc1ccc(OC)c(Cl)c1. The molecule has 2 rings (SSSR count). The molecule has 0 spiro atoms. The summed E-state index contributed by atoms with van der Waals surface area (Å²) in [5.41, 5.74) is 5.75. The number of hydrogen-bond acceptors (Lipinski definition) is 6. The molecule has 1 aromatic heterocycles. The molecule has 0 aliphatic carbocycles. The molecule has 1 heterocycles. The number of carbonyl (C=O) groups excluding carboxylic acids is 2. The molecule has 2 aromatic rings. The third kappa shape index (κ3) is 5.37. The molecule has 0 atom stereocenters. The number of carbonyl (C=O) groups is 2. The van der Waals surface area contributed by atoms with E-state index in [-0.39, 0.29) is 24.0 Å². The van der Waals surface area contributed by atoms with Crippen molar-refractivity contribution in [3.63, 3.8) is 0 Å². The average molecular weight is 398 g/mol. The molecular formula is C16H20ClN5O3S. The highest BCUT2D eigenvalue weighted by Gasteiger charge is 2.14. The van der Waals surface area contributed by atoms with Gasteiger partial charge in [-0.25, -0.2) is 0 Å². The van der Waals surface area contributed by atoms with Crippen molar-refractivity contribution in [2.45, 2.75) is 31.5 Å². The van der Waals surface area contributed by atoms with Gasteiger partial charge in [0.05, 0.1) is 17.9 Å². The summed E-state index contributed by atoms with van der Waals surface area (Å²) >= 11 is 7.31. The summed E-state index contributed by atoms with van der Waals surface area (Å²) in [6, 6.07) is 5.02. The Labute approximate surface area is 160 Å². The fourth-order valence-electron chi connectivity index (χ4n) is 2.23. The first-order chi connectivity index (χ1) is 12.4. The van der Waals surface area contributed by atoms with Crippen LogP contribution in [0.2, 0.25) is 5.02 Å². The van der Waals surface area contributed by atoms with Gasteiger partial charge in [0, 0.05) is 25.1 Å². The van der Waals surface area contributed by atoms with Crippen molar-refractivity contribution in [1.29, 1.82) is 0 Å². The molecular weight excluding hydrogens is 378 g/mol. The standard InChI is InChI=1S/C16H20ClN5O3S/c1-3-22-14(7-6-13(18)23)20-21-16(22)26-9-15(24)19-10-4-5-12(25-2)11(17)8-10/h4-5,8H,3,6-7,9H2,1-2H3,(H2,18,23)(H,19,24). The van der Waals surface area contributed by atoms with Crippen LogP contribution in [-0.4, -0.2) is 39.4 Å². The number of halogens is 1. The first-order valence-electron chi connectivity index (χ1n) is 7.91. The van der Waals surface area contributed by atoms with E-state index >= 15 is 0 Å². The number of hydrogen-bond donors (Lipinski definition) is 2. The Hall–Kier alpha value is -2.26. The van der Waals surface area contributed by atoms with Crippen LogP contribution < -0.4 is 15.8 Å². The zero-order valence-electron chi connectivity index (χ0n) is 14.5. The average Bonchev–Trinajstić information content (AvgIpc) is 3.00. The number of nitrogens with zero attached hydrogens (tertiary/aromatic N) is 3. The minimum Gasteiger partial charge on any atom is -0.495 e. The number of rotatable bonds is 9. The Morgan fingerprint density at radius 2 is 2.15 bits per heavy atom. The fourth-order valence-corrected chi connectivity index (χ4v) is 3.31. The monoisotopic (exact) mass is 397 g/mol. The molecule has 0 fully saturated rings. The molecule has 0 saturated carbocycles. The van der Waals surface area contributed by atoms with Gasteiger partial charge in [0.2, 0.25) is 11.8 Å². The van der Waals surface area contributed by atoms with E-state index in [0.29, 0.717) is 40.4 Å². The molecule has 0 radical (unpaired) electrons. The van der Waals surface area contributed by atoms with Crippen LogP contribution >= 0.6 is 23.4 Å². The zero-order chi connectivity index (χ0) is 19.1. The highest BCUT2D eigenvalue weighted by molar-refractivity contribution is 7.99. The Kier molecular flexibility index (Phi) is 7.28. The van der Waals surface area contributed by atoms with Gasteiger partial charge in [-0.15, -0.1) is 10.2 Å². The second-order valence-electron chi connectivity index (χ2n) is 5.30. The lowest BCUT2D eigenvalue weighted by atomic mass is 10.3. The predicted octanol–water partition coefficient (Wildman–Crippen LogP) is 2.11. The van der Waals surface area contributed by atoms with Crippen molar-refractivity contribution < 1.29 is 14.3 Å². The molecule has 0 aliphatic rings. The normalized spacial score (nSPS) is 10.6. The maximum absolute atomic E-state index is 12.1. The second kappa shape index (κ2) is 9.44. The van der Waals surface area contributed by atoms with E-state index in [4.69, 9.17) is 22.1 Å². The maximum Gasteiger partial charge on any atom is 0.234 e. The van der Waals surface area contributed by atoms with Gasteiger partial charge in [0.25, 0.3) is 0 Å². The first-order valence-corrected chi connectivity index (χ1v) is 9.27. The highest BCUT2D eigenvalue weighted by atomic mass is 35.5.